The number of aromatic hydroxyl groups is 1. The quantitative estimate of drug-likeness (QED) is 0.591. The molecule has 2 heterocycles. The number of hydrogen-bond acceptors (Lipinski definition) is 5. The Kier molecular flexibility index (Phi) is 4.16. The second-order valence-corrected chi connectivity index (χ2v) is 7.13. The molecular weight excluding hydrogens is 367 g/mol. The highest BCUT2D eigenvalue weighted by Gasteiger charge is 2.12. The van der Waals surface area contributed by atoms with Gasteiger partial charge in [-0.15, -0.1) is 0 Å². The SMILES string of the molecule is COc1cc(/C=c2\sc3nc(-c4cccc(C)c4)cn3c2=O)cc(F)c1O. The maximum atomic E-state index is 13.8. The Morgan fingerprint density at radius 3 is 2.81 bits per heavy atom. The van der Waals surface area contributed by atoms with Crippen LogP contribution in [-0.4, -0.2) is 21.6 Å². The van der Waals surface area contributed by atoms with Gasteiger partial charge in [0.2, 0.25) is 0 Å². The Morgan fingerprint density at radius 1 is 1.30 bits per heavy atom. The molecule has 0 fully saturated rings. The van der Waals surface area contributed by atoms with Crippen molar-refractivity contribution >= 4 is 22.4 Å². The lowest BCUT2D eigenvalue weighted by Crippen LogP contribution is -2.22. The molecule has 0 aliphatic rings. The predicted octanol–water partition coefficient (Wildman–Crippen LogP) is 3.13. The van der Waals surface area contributed by atoms with Crippen molar-refractivity contribution in [1.29, 1.82) is 0 Å². The molecule has 0 aliphatic heterocycles. The number of phenolic OH excluding ortho intramolecular Hbond substituents is 1. The zero-order valence-corrected chi connectivity index (χ0v) is 15.4. The van der Waals surface area contributed by atoms with Gasteiger partial charge in [0.05, 0.1) is 17.3 Å². The van der Waals surface area contributed by atoms with Gasteiger partial charge in [-0.2, -0.15) is 0 Å². The Hall–Kier alpha value is -3.19. The number of aromatic nitrogens is 2. The summed E-state index contributed by atoms with van der Waals surface area (Å²) < 4.78 is 20.7. The number of thiazole rings is 1. The Balaban J connectivity index is 1.82. The van der Waals surface area contributed by atoms with Crippen LogP contribution in [0.3, 0.4) is 0 Å². The molecule has 0 atom stereocenters. The second kappa shape index (κ2) is 6.51. The molecule has 0 amide bonds. The van der Waals surface area contributed by atoms with E-state index < -0.39 is 11.6 Å². The highest BCUT2D eigenvalue weighted by atomic mass is 32.1. The minimum Gasteiger partial charge on any atom is -0.502 e. The molecule has 4 aromatic rings. The summed E-state index contributed by atoms with van der Waals surface area (Å²) in [5.74, 6) is -1.35. The topological polar surface area (TPSA) is 63.8 Å². The van der Waals surface area contributed by atoms with Gasteiger partial charge in [0.1, 0.15) is 0 Å². The van der Waals surface area contributed by atoms with Crippen LogP contribution < -0.4 is 14.8 Å². The number of nitrogens with zero attached hydrogens (tertiary/aromatic N) is 2. The van der Waals surface area contributed by atoms with Crippen LogP contribution in [-0.2, 0) is 0 Å². The minimum atomic E-state index is -0.809. The molecule has 2 aromatic heterocycles. The fourth-order valence-electron chi connectivity index (χ4n) is 2.86. The molecule has 4 rings (SSSR count). The van der Waals surface area contributed by atoms with Crippen LogP contribution in [0, 0.1) is 12.7 Å². The maximum absolute atomic E-state index is 13.8. The van der Waals surface area contributed by atoms with Crippen molar-refractivity contribution in [2.24, 2.45) is 0 Å². The summed E-state index contributed by atoms with van der Waals surface area (Å²) in [5, 5.41) is 9.60. The normalized spacial score (nSPS) is 12.0. The first-order valence-corrected chi connectivity index (χ1v) is 8.95. The zero-order chi connectivity index (χ0) is 19.1. The number of fused-ring (bicyclic) bond motifs is 1. The van der Waals surface area contributed by atoms with Crippen LogP contribution >= 0.6 is 11.3 Å². The number of benzene rings is 2. The molecule has 5 nitrogen and oxygen atoms in total. The lowest BCUT2D eigenvalue weighted by molar-refractivity contribution is 0.357. The summed E-state index contributed by atoms with van der Waals surface area (Å²) in [6.07, 6.45) is 3.26. The first-order chi connectivity index (χ1) is 13.0. The van der Waals surface area contributed by atoms with Gasteiger partial charge in [-0.3, -0.25) is 9.20 Å². The van der Waals surface area contributed by atoms with Gasteiger partial charge in [0.25, 0.3) is 5.56 Å². The van der Waals surface area contributed by atoms with E-state index in [9.17, 15) is 14.3 Å². The summed E-state index contributed by atoms with van der Waals surface area (Å²) in [6.45, 7) is 2.00. The van der Waals surface area contributed by atoms with Crippen LogP contribution in [0.25, 0.3) is 22.3 Å². The number of phenols is 1. The molecule has 0 bridgehead atoms. The smallest absolute Gasteiger partial charge is 0.274 e. The number of ether oxygens (including phenoxy) is 1. The van der Waals surface area contributed by atoms with Crippen LogP contribution in [0.15, 0.2) is 47.4 Å². The van der Waals surface area contributed by atoms with E-state index in [-0.39, 0.29) is 11.3 Å². The molecule has 1 N–H and O–H groups in total. The molecule has 0 radical (unpaired) electrons. The van der Waals surface area contributed by atoms with Crippen molar-refractivity contribution in [3.63, 3.8) is 0 Å². The summed E-state index contributed by atoms with van der Waals surface area (Å²) >= 11 is 1.22. The fraction of sp³-hybridized carbons (Fsp3) is 0.100. The summed E-state index contributed by atoms with van der Waals surface area (Å²) in [5.41, 5.74) is 2.98. The highest BCUT2D eigenvalue weighted by molar-refractivity contribution is 7.15. The standard InChI is InChI=1S/C20H15FN2O3S/c1-11-4-3-5-13(6-11)15-10-23-19(25)17(27-20(23)22-15)9-12-7-14(21)18(24)16(8-12)26-2/h3-10,24H,1-2H3/b17-9-. The van der Waals surface area contributed by atoms with Gasteiger partial charge >= 0.3 is 0 Å². The number of methoxy groups -OCH3 is 1. The van der Waals surface area contributed by atoms with Crippen molar-refractivity contribution in [2.45, 2.75) is 6.92 Å². The van der Waals surface area contributed by atoms with Gasteiger partial charge in [0.15, 0.2) is 22.3 Å². The van der Waals surface area contributed by atoms with E-state index in [2.05, 4.69) is 4.98 Å². The number of hydrogen-bond donors (Lipinski definition) is 1. The Bertz CT molecular complexity index is 1280. The fourth-order valence-corrected chi connectivity index (χ4v) is 3.82. The van der Waals surface area contributed by atoms with Gasteiger partial charge in [0, 0.05) is 11.8 Å². The van der Waals surface area contributed by atoms with Gasteiger partial charge in [-0.1, -0.05) is 35.1 Å². The number of imidazole rings is 1. The molecule has 0 aliphatic carbocycles. The number of halogens is 1. The van der Waals surface area contributed by atoms with Crippen molar-refractivity contribution in [2.75, 3.05) is 7.11 Å². The summed E-state index contributed by atoms with van der Waals surface area (Å²) in [7, 11) is 1.34. The van der Waals surface area contributed by atoms with Crippen LogP contribution in [0.2, 0.25) is 0 Å². The zero-order valence-electron chi connectivity index (χ0n) is 14.6. The third-order valence-electron chi connectivity index (χ3n) is 4.19. The van der Waals surface area contributed by atoms with E-state index in [1.807, 2.05) is 31.2 Å². The first-order valence-electron chi connectivity index (χ1n) is 8.13. The second-order valence-electron chi connectivity index (χ2n) is 6.12. The monoisotopic (exact) mass is 382 g/mol. The average molecular weight is 382 g/mol. The predicted molar refractivity (Wildman–Crippen MR) is 103 cm³/mol. The molecule has 0 saturated carbocycles. The van der Waals surface area contributed by atoms with Gasteiger partial charge in [-0.25, -0.2) is 9.37 Å². The lowest BCUT2D eigenvalue weighted by Gasteiger charge is -2.04. The van der Waals surface area contributed by atoms with Gasteiger partial charge in [-0.05, 0) is 36.8 Å². The third-order valence-corrected chi connectivity index (χ3v) is 5.17. The van der Waals surface area contributed by atoms with E-state index in [4.69, 9.17) is 4.74 Å². The lowest BCUT2D eigenvalue weighted by atomic mass is 10.1. The van der Waals surface area contributed by atoms with Crippen molar-refractivity contribution in [3.8, 4) is 22.8 Å². The molecule has 0 spiro atoms. The van der Waals surface area contributed by atoms with E-state index in [0.717, 1.165) is 22.9 Å². The van der Waals surface area contributed by atoms with Crippen LogP contribution in [0.5, 0.6) is 11.5 Å². The van der Waals surface area contributed by atoms with Crippen LogP contribution in [0.1, 0.15) is 11.1 Å². The highest BCUT2D eigenvalue weighted by Crippen LogP contribution is 2.30. The number of aryl methyl sites for hydroxylation is 1. The summed E-state index contributed by atoms with van der Waals surface area (Å²) in [4.78, 5) is 17.8. The molecule has 0 saturated heterocycles. The minimum absolute atomic E-state index is 0.0109. The molecule has 136 valence electrons. The molecule has 0 unspecified atom stereocenters. The number of rotatable bonds is 3. The van der Waals surface area contributed by atoms with E-state index in [0.29, 0.717) is 15.1 Å². The maximum Gasteiger partial charge on any atom is 0.274 e. The Labute approximate surface area is 157 Å². The van der Waals surface area contributed by atoms with E-state index >= 15 is 0 Å². The Morgan fingerprint density at radius 2 is 2.11 bits per heavy atom. The van der Waals surface area contributed by atoms with Crippen molar-refractivity contribution < 1.29 is 14.2 Å². The first kappa shape index (κ1) is 17.2. The van der Waals surface area contributed by atoms with Crippen LogP contribution in [0.4, 0.5) is 4.39 Å². The molecular formula is C20H15FN2O3S. The van der Waals surface area contributed by atoms with E-state index in [1.165, 1.54) is 28.9 Å². The van der Waals surface area contributed by atoms with Gasteiger partial charge < -0.3 is 9.84 Å². The molecule has 27 heavy (non-hydrogen) atoms. The molecule has 2 aromatic carbocycles. The largest absolute Gasteiger partial charge is 0.502 e. The molecule has 7 heteroatoms. The third kappa shape index (κ3) is 3.06. The van der Waals surface area contributed by atoms with Crippen molar-refractivity contribution in [1.82, 2.24) is 9.38 Å². The average Bonchev–Trinajstić information content (AvgIpc) is 3.18. The van der Waals surface area contributed by atoms with E-state index in [1.54, 1.807) is 12.3 Å². The van der Waals surface area contributed by atoms with Crippen molar-refractivity contribution in [3.05, 3.63) is 74.4 Å². The summed E-state index contributed by atoms with van der Waals surface area (Å²) in [6, 6.07) is 10.5.